The first-order valence-corrected chi connectivity index (χ1v) is 22.1. The number of nitrogens with zero attached hydrogens (tertiary/aromatic N) is 6. The van der Waals surface area contributed by atoms with E-state index in [0.717, 1.165) is 82.9 Å². The highest BCUT2D eigenvalue weighted by atomic mass is 32.2. The largest absolute Gasteiger partial charge is 0.480 e. The Hall–Kier alpha value is -3.36. The zero-order valence-corrected chi connectivity index (χ0v) is 33.5. The molecule has 3 aliphatic rings. The van der Waals surface area contributed by atoms with Crippen LogP contribution >= 0.6 is 23.5 Å². The fourth-order valence-corrected chi connectivity index (χ4v) is 9.64. The van der Waals surface area contributed by atoms with E-state index in [0.29, 0.717) is 59.5 Å². The lowest BCUT2D eigenvalue weighted by atomic mass is 10.0. The number of aliphatic imine (C=N–C) groups is 2. The van der Waals surface area contributed by atoms with E-state index >= 15 is 0 Å². The van der Waals surface area contributed by atoms with E-state index in [1.807, 2.05) is 24.2 Å². The molecule has 3 fully saturated rings. The second-order valence-corrected chi connectivity index (χ2v) is 16.9. The van der Waals surface area contributed by atoms with E-state index in [1.54, 1.807) is 4.57 Å². The van der Waals surface area contributed by atoms with Crippen molar-refractivity contribution in [3.63, 3.8) is 0 Å². The molecule has 8 atom stereocenters. The monoisotopic (exact) mass is 818 g/mol. The van der Waals surface area contributed by atoms with Gasteiger partial charge in [0.1, 0.15) is 30.1 Å². The average Bonchev–Trinajstić information content (AvgIpc) is 3.95. The molecule has 2 aromatic heterocycles. The number of carboxylic acids is 1. The molecule has 2 aromatic rings. The highest BCUT2D eigenvalue weighted by Crippen LogP contribution is 2.34. The molecular weight excluding hydrogens is 761 g/mol. The number of rotatable bonds is 26. The van der Waals surface area contributed by atoms with Gasteiger partial charge in [-0.2, -0.15) is 23.5 Å². The first-order valence-electron chi connectivity index (χ1n) is 19.9. The lowest BCUT2D eigenvalue weighted by molar-refractivity contribution is -0.138. The third-order valence-corrected chi connectivity index (χ3v) is 12.8. The minimum Gasteiger partial charge on any atom is -0.480 e. The number of nitrogens with two attached hydrogens (primary N) is 1. The van der Waals surface area contributed by atoms with Gasteiger partial charge in [-0.1, -0.05) is 12.8 Å². The van der Waals surface area contributed by atoms with Crippen LogP contribution in [-0.2, 0) is 20.9 Å². The number of aliphatic hydroxyl groups excluding tert-OH is 2. The maximum atomic E-state index is 12.2. The SMILES string of the molecule is N[C@@H](CCSC[C@H]1O[C@@H](n2cnc3c(CN=CCCCCCC=NCCCCCNC(=O)CCCC[C@H]4SCC5NC(=O)NC54)ncnc32)[C@H](O)[C@@H]1O)C(=O)O. The lowest BCUT2D eigenvalue weighted by Gasteiger charge is -2.16. The van der Waals surface area contributed by atoms with E-state index in [-0.39, 0.29) is 24.0 Å². The molecule has 0 spiro atoms. The van der Waals surface area contributed by atoms with Crippen LogP contribution in [0.3, 0.4) is 0 Å². The fraction of sp³-hybridized carbons (Fsp3) is 0.730. The van der Waals surface area contributed by atoms with Gasteiger partial charge in [-0.3, -0.25) is 24.1 Å². The summed E-state index contributed by atoms with van der Waals surface area (Å²) in [4.78, 5) is 56.9. The third kappa shape index (κ3) is 13.1. The number of carbonyl (C=O) groups is 3. The fourth-order valence-electron chi connectivity index (χ4n) is 7.00. The number of hydrogen-bond donors (Lipinski definition) is 7. The second-order valence-electron chi connectivity index (χ2n) is 14.5. The van der Waals surface area contributed by atoms with Crippen LogP contribution in [0.25, 0.3) is 11.2 Å². The van der Waals surface area contributed by atoms with E-state index in [9.17, 15) is 24.6 Å². The van der Waals surface area contributed by atoms with Crippen LogP contribution in [0.2, 0.25) is 0 Å². The summed E-state index contributed by atoms with van der Waals surface area (Å²) < 4.78 is 7.60. The Morgan fingerprint density at radius 3 is 2.68 bits per heavy atom. The van der Waals surface area contributed by atoms with Gasteiger partial charge in [-0.05, 0) is 82.4 Å². The van der Waals surface area contributed by atoms with Gasteiger partial charge in [0.2, 0.25) is 5.91 Å². The predicted octanol–water partition coefficient (Wildman–Crippen LogP) is 2.59. The maximum absolute atomic E-state index is 12.2. The van der Waals surface area contributed by atoms with Crippen molar-refractivity contribution >= 4 is 65.0 Å². The summed E-state index contributed by atoms with van der Waals surface area (Å²) in [6.07, 6.45) is 14.8. The Kier molecular flexibility index (Phi) is 18.1. The summed E-state index contributed by atoms with van der Waals surface area (Å²) in [5.74, 6) is 0.894. The van der Waals surface area contributed by atoms with Gasteiger partial charge in [0.25, 0.3) is 0 Å². The van der Waals surface area contributed by atoms with E-state index in [1.165, 1.54) is 24.4 Å². The number of carbonyl (C=O) groups excluding carboxylic acids is 2. The van der Waals surface area contributed by atoms with Crippen molar-refractivity contribution in [3.05, 3.63) is 18.3 Å². The van der Waals surface area contributed by atoms with Crippen LogP contribution in [0.5, 0.6) is 0 Å². The van der Waals surface area contributed by atoms with Crippen molar-refractivity contribution in [3.8, 4) is 0 Å². The number of aliphatic carboxylic acids is 1. The molecule has 0 aromatic carbocycles. The molecule has 0 radical (unpaired) electrons. The van der Waals surface area contributed by atoms with Crippen LogP contribution in [0.1, 0.15) is 95.4 Å². The second kappa shape index (κ2) is 23.1. The van der Waals surface area contributed by atoms with Gasteiger partial charge in [-0.15, -0.1) is 0 Å². The van der Waals surface area contributed by atoms with Crippen LogP contribution < -0.4 is 21.7 Å². The van der Waals surface area contributed by atoms with E-state index in [4.69, 9.17) is 15.6 Å². The Balaban J connectivity index is 0.856. The molecule has 5 rings (SSSR count). The molecule has 310 valence electrons. The smallest absolute Gasteiger partial charge is 0.320 e. The maximum Gasteiger partial charge on any atom is 0.320 e. The van der Waals surface area contributed by atoms with Crippen LogP contribution in [0, 0.1) is 0 Å². The molecule has 17 nitrogen and oxygen atoms in total. The number of unbranched alkanes of at least 4 members (excludes halogenated alkanes) is 7. The van der Waals surface area contributed by atoms with E-state index < -0.39 is 36.6 Å². The zero-order chi connectivity index (χ0) is 39.7. The number of hydrogen-bond acceptors (Lipinski definition) is 14. The molecule has 0 aliphatic carbocycles. The van der Waals surface area contributed by atoms with Crippen molar-refractivity contribution in [1.82, 2.24) is 35.5 Å². The molecule has 5 heterocycles. The number of aromatic nitrogens is 4. The Morgan fingerprint density at radius 2 is 1.86 bits per heavy atom. The van der Waals surface area contributed by atoms with Crippen LogP contribution in [0.4, 0.5) is 4.79 Å². The summed E-state index contributed by atoms with van der Waals surface area (Å²) >= 11 is 3.32. The highest BCUT2D eigenvalue weighted by molar-refractivity contribution is 8.00. The molecule has 8 N–H and O–H groups in total. The summed E-state index contributed by atoms with van der Waals surface area (Å²) in [5.41, 5.74) is 7.23. The Labute approximate surface area is 336 Å². The van der Waals surface area contributed by atoms with Crippen molar-refractivity contribution < 1.29 is 34.4 Å². The first-order chi connectivity index (χ1) is 27.2. The third-order valence-electron chi connectivity index (χ3n) is 10.3. The van der Waals surface area contributed by atoms with Crippen molar-refractivity contribution in [1.29, 1.82) is 0 Å². The summed E-state index contributed by atoms with van der Waals surface area (Å²) in [7, 11) is 0. The molecule has 0 saturated carbocycles. The number of urea groups is 1. The quantitative estimate of drug-likeness (QED) is 0.0410. The number of aliphatic hydroxyl groups is 2. The molecule has 3 aliphatic heterocycles. The van der Waals surface area contributed by atoms with Crippen LogP contribution in [-0.4, -0.2) is 137 Å². The topological polar surface area (TPSA) is 252 Å². The lowest BCUT2D eigenvalue weighted by Crippen LogP contribution is -2.36. The highest BCUT2D eigenvalue weighted by Gasteiger charge is 2.44. The molecule has 3 amide bonds. The zero-order valence-electron chi connectivity index (χ0n) is 31.9. The minimum atomic E-state index is -1.20. The summed E-state index contributed by atoms with van der Waals surface area (Å²) in [6, 6.07) is -0.509. The summed E-state index contributed by atoms with van der Waals surface area (Å²) in [5, 5.41) is 39.8. The van der Waals surface area contributed by atoms with Gasteiger partial charge in [0.05, 0.1) is 36.8 Å². The molecule has 3 saturated heterocycles. The standard InChI is InChI=1S/C37H58N10O7S2/c38-24(36(51)52)13-18-55-21-27-32(49)33(50)35(54-27)47-23-44-31-25(42-22-43-34(31)47)19-40-16-8-3-1-2-7-14-39-15-9-4-10-17-41-29(48)12-6-5-11-28-30-26(20-56-28)45-37(53)46-30/h14,16,22-24,26-28,30,32-33,35,49-50H,1-13,15,17-21,38H2,(H,41,48)(H,51,52)(H2,45,46,53)/t24-,26?,27+,28+,30?,32+,33+,35+/m0/s1. The number of amides is 3. The Bertz CT molecular complexity index is 1620. The number of carboxylic acid groups (broad SMARTS) is 1. The Morgan fingerprint density at radius 1 is 1.05 bits per heavy atom. The number of nitrogens with one attached hydrogen (secondary N) is 3. The predicted molar refractivity (Wildman–Crippen MR) is 218 cm³/mol. The first kappa shape index (κ1) is 43.8. The molecule has 2 unspecified atom stereocenters. The van der Waals surface area contributed by atoms with Crippen molar-refractivity contribution in [2.45, 2.75) is 138 Å². The normalized spacial score (nSPS) is 25.3. The van der Waals surface area contributed by atoms with Crippen molar-refractivity contribution in [2.24, 2.45) is 15.7 Å². The number of fused-ring (bicyclic) bond motifs is 2. The average molecular weight is 819 g/mol. The number of imidazole rings is 1. The van der Waals surface area contributed by atoms with Gasteiger partial charge in [-0.25, -0.2) is 19.7 Å². The van der Waals surface area contributed by atoms with Gasteiger partial charge in [0.15, 0.2) is 11.9 Å². The van der Waals surface area contributed by atoms with Gasteiger partial charge in [0, 0.05) is 36.3 Å². The number of thioether (sulfide) groups is 2. The molecule has 56 heavy (non-hydrogen) atoms. The molecular formula is C37H58N10O7S2. The number of ether oxygens (including phenoxy) is 1. The summed E-state index contributed by atoms with van der Waals surface area (Å²) in [6.45, 7) is 1.87. The van der Waals surface area contributed by atoms with Crippen LogP contribution in [0.15, 0.2) is 22.6 Å². The van der Waals surface area contributed by atoms with Crippen molar-refractivity contribution in [2.75, 3.05) is 30.3 Å². The van der Waals surface area contributed by atoms with Gasteiger partial charge < -0.3 is 41.7 Å². The minimum absolute atomic E-state index is 0.0534. The van der Waals surface area contributed by atoms with Gasteiger partial charge >= 0.3 is 12.0 Å². The van der Waals surface area contributed by atoms with E-state index in [2.05, 4.69) is 40.9 Å². The molecule has 19 heteroatoms. The molecule has 0 bridgehead atoms.